The molecule has 0 spiro atoms. The highest BCUT2D eigenvalue weighted by Gasteiger charge is 2.16. The summed E-state index contributed by atoms with van der Waals surface area (Å²) in [6.45, 7) is 0. The number of nitrogens with zero attached hydrogens (tertiary/aromatic N) is 4. The van der Waals surface area contributed by atoms with Crippen molar-refractivity contribution >= 4 is 33.5 Å². The molecule has 5 aromatic rings. The summed E-state index contributed by atoms with van der Waals surface area (Å²) in [4.78, 5) is 17.6. The van der Waals surface area contributed by atoms with Crippen LogP contribution in [0.15, 0.2) is 73.2 Å². The third kappa shape index (κ3) is 2.95. The van der Waals surface area contributed by atoms with Crippen LogP contribution in [-0.2, 0) is 14.1 Å². The number of benzene rings is 2. The molecular formula is C23H19N5O. The fourth-order valence-electron chi connectivity index (χ4n) is 3.65. The second kappa shape index (κ2) is 6.60. The molecule has 0 atom stereocenters. The summed E-state index contributed by atoms with van der Waals surface area (Å²) >= 11 is 0. The number of aryl methyl sites for hydroxylation is 2. The van der Waals surface area contributed by atoms with Crippen LogP contribution < -0.4 is 5.32 Å². The summed E-state index contributed by atoms with van der Waals surface area (Å²) in [6, 6.07) is 17.9. The number of anilines is 1. The van der Waals surface area contributed by atoms with E-state index >= 15 is 0 Å². The van der Waals surface area contributed by atoms with Crippen molar-refractivity contribution in [1.82, 2.24) is 19.3 Å². The molecule has 3 aromatic heterocycles. The van der Waals surface area contributed by atoms with E-state index in [1.807, 2.05) is 79.6 Å². The first-order chi connectivity index (χ1) is 14.1. The largest absolute Gasteiger partial charge is 0.348 e. The lowest BCUT2D eigenvalue weighted by molar-refractivity contribution is 0.102. The van der Waals surface area contributed by atoms with Gasteiger partial charge in [-0.3, -0.25) is 14.5 Å². The van der Waals surface area contributed by atoms with Gasteiger partial charge in [-0.25, -0.2) is 0 Å². The van der Waals surface area contributed by atoms with E-state index in [9.17, 15) is 4.79 Å². The zero-order chi connectivity index (χ0) is 20.0. The van der Waals surface area contributed by atoms with Gasteiger partial charge in [0.2, 0.25) is 0 Å². The standard InChI is InChI=1S/C23H19N5O/c1-27-14-19(22-21(27)11-16(12-24-22)15-6-4-3-5-7-15)23(29)26-18-8-9-20-17(10-18)13-25-28(20)2/h3-14H,1-2H3,(H,26,29). The lowest BCUT2D eigenvalue weighted by Crippen LogP contribution is -2.11. The number of nitrogens with one attached hydrogen (secondary N) is 1. The van der Waals surface area contributed by atoms with Crippen LogP contribution in [0, 0.1) is 0 Å². The maximum Gasteiger partial charge on any atom is 0.259 e. The van der Waals surface area contributed by atoms with Crippen molar-refractivity contribution in [1.29, 1.82) is 0 Å². The number of hydrogen-bond acceptors (Lipinski definition) is 3. The maximum absolute atomic E-state index is 13.0. The minimum atomic E-state index is -0.182. The van der Waals surface area contributed by atoms with Crippen molar-refractivity contribution in [3.63, 3.8) is 0 Å². The molecule has 0 bridgehead atoms. The molecule has 0 radical (unpaired) electrons. The molecule has 3 heterocycles. The van der Waals surface area contributed by atoms with Crippen LogP contribution in [0.4, 0.5) is 5.69 Å². The molecule has 6 heteroatoms. The molecule has 0 aliphatic rings. The Hall–Kier alpha value is -3.93. The molecule has 0 saturated carbocycles. The summed E-state index contributed by atoms with van der Waals surface area (Å²) in [5, 5.41) is 8.20. The molecule has 2 aromatic carbocycles. The Bertz CT molecular complexity index is 1360. The van der Waals surface area contributed by atoms with E-state index in [0.717, 1.165) is 33.2 Å². The van der Waals surface area contributed by atoms with Crippen molar-refractivity contribution in [3.8, 4) is 11.1 Å². The van der Waals surface area contributed by atoms with Gasteiger partial charge >= 0.3 is 0 Å². The van der Waals surface area contributed by atoms with Crippen molar-refractivity contribution in [2.45, 2.75) is 0 Å². The molecule has 1 N–H and O–H groups in total. The van der Waals surface area contributed by atoms with Crippen LogP contribution >= 0.6 is 0 Å². The van der Waals surface area contributed by atoms with Gasteiger partial charge in [-0.2, -0.15) is 5.10 Å². The topological polar surface area (TPSA) is 64.7 Å². The predicted molar refractivity (Wildman–Crippen MR) is 115 cm³/mol. The maximum atomic E-state index is 13.0. The number of carbonyl (C=O) groups is 1. The molecule has 0 aliphatic heterocycles. The number of pyridine rings is 1. The minimum Gasteiger partial charge on any atom is -0.348 e. The van der Waals surface area contributed by atoms with E-state index < -0.39 is 0 Å². The number of aromatic nitrogens is 4. The molecule has 0 unspecified atom stereocenters. The highest BCUT2D eigenvalue weighted by Crippen LogP contribution is 2.26. The third-order valence-electron chi connectivity index (χ3n) is 5.18. The van der Waals surface area contributed by atoms with Crippen LogP contribution in [0.5, 0.6) is 0 Å². The summed E-state index contributed by atoms with van der Waals surface area (Å²) in [7, 11) is 3.82. The van der Waals surface area contributed by atoms with Crippen molar-refractivity contribution in [2.75, 3.05) is 5.32 Å². The van der Waals surface area contributed by atoms with Gasteiger partial charge in [-0.15, -0.1) is 0 Å². The molecule has 29 heavy (non-hydrogen) atoms. The molecule has 0 aliphatic carbocycles. The first-order valence-corrected chi connectivity index (χ1v) is 9.34. The smallest absolute Gasteiger partial charge is 0.259 e. The average molecular weight is 381 g/mol. The minimum absolute atomic E-state index is 0.182. The van der Waals surface area contributed by atoms with E-state index in [1.54, 1.807) is 10.9 Å². The summed E-state index contributed by atoms with van der Waals surface area (Å²) in [6.07, 6.45) is 5.43. The van der Waals surface area contributed by atoms with E-state index in [-0.39, 0.29) is 5.91 Å². The third-order valence-corrected chi connectivity index (χ3v) is 5.18. The number of rotatable bonds is 3. The summed E-state index contributed by atoms with van der Waals surface area (Å²) in [5.41, 5.74) is 6.02. The van der Waals surface area contributed by atoms with E-state index in [4.69, 9.17) is 0 Å². The SMILES string of the molecule is Cn1cc(C(=O)Nc2ccc3c(cnn3C)c2)c2ncc(-c3ccccc3)cc21. The van der Waals surface area contributed by atoms with Crippen LogP contribution in [0.25, 0.3) is 33.1 Å². The normalized spacial score (nSPS) is 11.2. The van der Waals surface area contributed by atoms with Crippen LogP contribution in [0.2, 0.25) is 0 Å². The predicted octanol–water partition coefficient (Wildman–Crippen LogP) is 4.38. The van der Waals surface area contributed by atoms with Crippen LogP contribution in [-0.4, -0.2) is 25.2 Å². The molecule has 0 fully saturated rings. The van der Waals surface area contributed by atoms with E-state index in [0.29, 0.717) is 11.1 Å². The lowest BCUT2D eigenvalue weighted by Gasteiger charge is -2.05. The Morgan fingerprint density at radius 2 is 1.76 bits per heavy atom. The Morgan fingerprint density at radius 1 is 0.931 bits per heavy atom. The highest BCUT2D eigenvalue weighted by molar-refractivity contribution is 6.12. The molecule has 142 valence electrons. The zero-order valence-electron chi connectivity index (χ0n) is 16.1. The van der Waals surface area contributed by atoms with E-state index in [2.05, 4.69) is 21.5 Å². The van der Waals surface area contributed by atoms with Gasteiger partial charge in [-0.05, 0) is 29.8 Å². The van der Waals surface area contributed by atoms with Crippen LogP contribution in [0.1, 0.15) is 10.4 Å². The summed E-state index contributed by atoms with van der Waals surface area (Å²) < 4.78 is 3.74. The first-order valence-electron chi connectivity index (χ1n) is 9.34. The van der Waals surface area contributed by atoms with Gasteiger partial charge in [0.25, 0.3) is 5.91 Å². The number of amides is 1. The Labute approximate surface area is 167 Å². The Morgan fingerprint density at radius 3 is 2.59 bits per heavy atom. The lowest BCUT2D eigenvalue weighted by atomic mass is 10.1. The second-order valence-electron chi connectivity index (χ2n) is 7.11. The second-order valence-corrected chi connectivity index (χ2v) is 7.11. The highest BCUT2D eigenvalue weighted by atomic mass is 16.1. The fraction of sp³-hybridized carbons (Fsp3) is 0.0870. The molecular weight excluding hydrogens is 362 g/mol. The van der Waals surface area contributed by atoms with Gasteiger partial charge in [0.05, 0.1) is 22.8 Å². The quantitative estimate of drug-likeness (QED) is 0.504. The first kappa shape index (κ1) is 17.2. The average Bonchev–Trinajstić information content (AvgIpc) is 3.28. The van der Waals surface area contributed by atoms with Crippen molar-refractivity contribution in [3.05, 3.63) is 78.8 Å². The van der Waals surface area contributed by atoms with Gasteiger partial charge in [0.1, 0.15) is 5.52 Å². The van der Waals surface area contributed by atoms with Crippen LogP contribution in [0.3, 0.4) is 0 Å². The molecule has 0 saturated heterocycles. The monoisotopic (exact) mass is 381 g/mol. The Kier molecular flexibility index (Phi) is 3.91. The number of hydrogen-bond donors (Lipinski definition) is 1. The number of carbonyl (C=O) groups excluding carboxylic acids is 1. The fourth-order valence-corrected chi connectivity index (χ4v) is 3.65. The Balaban J connectivity index is 1.49. The van der Waals surface area contributed by atoms with E-state index in [1.165, 1.54) is 0 Å². The number of fused-ring (bicyclic) bond motifs is 2. The van der Waals surface area contributed by atoms with Crippen molar-refractivity contribution in [2.24, 2.45) is 14.1 Å². The molecule has 6 nitrogen and oxygen atoms in total. The van der Waals surface area contributed by atoms with Gasteiger partial charge in [-0.1, -0.05) is 30.3 Å². The van der Waals surface area contributed by atoms with Crippen molar-refractivity contribution < 1.29 is 4.79 Å². The van der Waals surface area contributed by atoms with Gasteiger partial charge < -0.3 is 9.88 Å². The molecule has 1 amide bonds. The van der Waals surface area contributed by atoms with Gasteiger partial charge in [0.15, 0.2) is 0 Å². The van der Waals surface area contributed by atoms with Gasteiger partial charge in [0, 0.05) is 43.1 Å². The zero-order valence-corrected chi connectivity index (χ0v) is 16.1. The molecule has 5 rings (SSSR count). The summed E-state index contributed by atoms with van der Waals surface area (Å²) in [5.74, 6) is -0.182.